The van der Waals surface area contributed by atoms with Gasteiger partial charge in [-0.3, -0.25) is 0 Å². The van der Waals surface area contributed by atoms with E-state index in [-0.39, 0.29) is 11.7 Å². The molecule has 13 rings (SSSR count). The van der Waals surface area contributed by atoms with E-state index in [0.717, 1.165) is 125 Å². The molecule has 0 unspecified atom stereocenters. The van der Waals surface area contributed by atoms with Crippen LogP contribution in [0.3, 0.4) is 0 Å². The highest BCUT2D eigenvalue weighted by Crippen LogP contribution is 2.55. The Morgan fingerprint density at radius 3 is 1.00 bits per heavy atom. The van der Waals surface area contributed by atoms with Crippen LogP contribution in [0.4, 0.5) is 5.95 Å². The van der Waals surface area contributed by atoms with E-state index in [9.17, 15) is 0 Å². The summed E-state index contributed by atoms with van der Waals surface area (Å²) in [6.07, 6.45) is 0. The van der Waals surface area contributed by atoms with Gasteiger partial charge in [-0.05, 0) is 70.8 Å². The molecule has 0 radical (unpaired) electrons. The topological polar surface area (TPSA) is 108 Å². The van der Waals surface area contributed by atoms with E-state index in [0.29, 0.717) is 34.0 Å². The van der Waals surface area contributed by atoms with Gasteiger partial charge in [-0.2, -0.15) is 4.98 Å². The molecule has 0 amide bonds. The molecule has 11 aromatic rings. The van der Waals surface area contributed by atoms with Gasteiger partial charge < -0.3 is 9.97 Å². The van der Waals surface area contributed by atoms with E-state index >= 15 is 0 Å². The van der Waals surface area contributed by atoms with Crippen LogP contribution in [0.25, 0.3) is 89.2 Å². The van der Waals surface area contributed by atoms with Crippen LogP contribution in [-0.2, 0) is 0 Å². The molecular formula is C64H34Br8N8. The van der Waals surface area contributed by atoms with Gasteiger partial charge in [-0.25, -0.2) is 15.0 Å². The van der Waals surface area contributed by atoms with Crippen molar-refractivity contribution in [2.75, 3.05) is 0 Å². The Hall–Kier alpha value is -6.08. The molecule has 5 heterocycles. The third-order valence-corrected chi connectivity index (χ3v) is 19.4. The van der Waals surface area contributed by atoms with Crippen molar-refractivity contribution in [3.63, 3.8) is 0 Å². The molecule has 8 bridgehead atoms. The standard InChI is InChI=1S/C64H34Br8N8/c65-41-25-9-1-17-33(41)49-50(34-18-2-10-26-42(34)66)59-54(38-22-6-14-30-46(38)70)61-56(40-24-8-16-32-48(40)72)75-63(76-61)78-64-77-62(79-80-64)55(39-23-7-15-31-47(39)71)60-52(36-20-4-12-28-44(36)68)51(35-19-3-11-27-43(35)67)58(74-60)53(57(49)73-59)37-21-5-13-29-45(37)69/h1-32,73H,(H,75,76,77,78,79,80). The molecule has 3 aromatic heterocycles. The summed E-state index contributed by atoms with van der Waals surface area (Å²) >= 11 is 32.5. The minimum atomic E-state index is 0.173. The fraction of sp³-hybridized carbons (Fsp3) is 0. The van der Waals surface area contributed by atoms with Crippen molar-refractivity contribution in [1.82, 2.24) is 35.1 Å². The summed E-state index contributed by atoms with van der Waals surface area (Å²) in [5.74, 6) is 0.370. The largest absolute Gasteiger partial charge is 0.353 e. The van der Waals surface area contributed by atoms with Crippen LogP contribution < -0.4 is 0 Å². The normalized spacial score (nSPS) is 12.3. The molecule has 0 aliphatic carbocycles. The second-order valence-corrected chi connectivity index (χ2v) is 25.3. The molecule has 2 N–H and O–H groups in total. The van der Waals surface area contributed by atoms with Crippen molar-refractivity contribution in [1.29, 1.82) is 0 Å². The number of nitrogens with zero attached hydrogens (tertiary/aromatic N) is 6. The second kappa shape index (κ2) is 22.3. The number of hydrogen-bond acceptors (Lipinski definition) is 6. The lowest BCUT2D eigenvalue weighted by atomic mass is 9.87. The molecule has 2 aliphatic rings. The minimum absolute atomic E-state index is 0.173. The third kappa shape index (κ3) is 9.52. The van der Waals surface area contributed by atoms with Gasteiger partial charge in [0, 0.05) is 91.4 Å². The summed E-state index contributed by atoms with van der Waals surface area (Å²) in [6.45, 7) is 0. The van der Waals surface area contributed by atoms with Gasteiger partial charge in [0.1, 0.15) is 11.4 Å². The fourth-order valence-corrected chi connectivity index (χ4v) is 14.3. The number of benzene rings is 8. The number of rotatable bonds is 8. The highest BCUT2D eigenvalue weighted by atomic mass is 79.9. The number of hydrogen-bond donors (Lipinski definition) is 2. The van der Waals surface area contributed by atoms with E-state index in [1.807, 2.05) is 91.0 Å². The van der Waals surface area contributed by atoms with Crippen molar-refractivity contribution >= 4 is 173 Å². The number of halogens is 8. The number of aromatic amines is 2. The molecule has 386 valence electrons. The predicted octanol–water partition coefficient (Wildman–Crippen LogP) is 21.1. The summed E-state index contributed by atoms with van der Waals surface area (Å²) in [7, 11) is 0. The van der Waals surface area contributed by atoms with E-state index in [1.54, 1.807) is 0 Å². The van der Waals surface area contributed by atoms with Crippen molar-refractivity contribution < 1.29 is 0 Å². The maximum atomic E-state index is 6.12. The maximum Gasteiger partial charge on any atom is 0.254 e. The van der Waals surface area contributed by atoms with Gasteiger partial charge in [-0.15, -0.1) is 10.2 Å². The predicted molar refractivity (Wildman–Crippen MR) is 353 cm³/mol. The molecule has 80 heavy (non-hydrogen) atoms. The van der Waals surface area contributed by atoms with E-state index < -0.39 is 0 Å². The Bertz CT molecular complexity index is 4620. The molecule has 0 atom stereocenters. The van der Waals surface area contributed by atoms with Crippen LogP contribution in [0.1, 0.15) is 33.8 Å². The summed E-state index contributed by atoms with van der Waals surface area (Å²) in [5, 5.41) is 9.70. The number of aromatic nitrogens is 7. The van der Waals surface area contributed by atoms with E-state index in [1.165, 1.54) is 0 Å². The van der Waals surface area contributed by atoms with Crippen molar-refractivity contribution in [3.05, 3.63) is 264 Å². The SMILES string of the molecule is Brc1ccccc1C1=Nc2nc1c(-c1ccccc1Br)c1[nH]c(c(-c3ccccc3Br)c3nc(c(-c4ccccc4Br)c4nnc(n2)[nH]4)C(c2ccccc2Br)=C3c2ccccc2Br)c(-c2ccccc2Br)c1-c1ccccc1Br. The quantitative estimate of drug-likeness (QED) is 0.158. The monoisotopic (exact) mass is 1550 g/mol. The number of H-pyrrole nitrogens is 2. The summed E-state index contributed by atoms with van der Waals surface area (Å²) < 4.78 is 6.83. The van der Waals surface area contributed by atoms with Crippen LogP contribution in [0.5, 0.6) is 0 Å². The van der Waals surface area contributed by atoms with E-state index in [2.05, 4.69) is 241 Å². The average molecular weight is 1550 g/mol. The van der Waals surface area contributed by atoms with E-state index in [4.69, 9.17) is 30.1 Å². The smallest absolute Gasteiger partial charge is 0.254 e. The zero-order valence-electron chi connectivity index (χ0n) is 41.2. The van der Waals surface area contributed by atoms with Crippen LogP contribution in [0.15, 0.2) is 235 Å². The minimum Gasteiger partial charge on any atom is -0.353 e. The number of fused-ring (bicyclic) bond motifs is 8. The number of aliphatic imine (C=N–C) groups is 1. The summed E-state index contributed by atoms with van der Waals surface area (Å²) in [4.78, 5) is 29.9. The first-order valence-electron chi connectivity index (χ1n) is 24.8. The maximum absolute atomic E-state index is 6.12. The molecule has 8 aromatic carbocycles. The Kier molecular flexibility index (Phi) is 14.9. The van der Waals surface area contributed by atoms with Gasteiger partial charge in [0.15, 0.2) is 5.65 Å². The molecule has 2 aliphatic heterocycles. The van der Waals surface area contributed by atoms with Crippen molar-refractivity contribution in [3.8, 4) is 55.6 Å². The molecule has 0 spiro atoms. The van der Waals surface area contributed by atoms with Gasteiger partial charge in [0.05, 0.1) is 28.0 Å². The zero-order valence-corrected chi connectivity index (χ0v) is 53.9. The van der Waals surface area contributed by atoms with Gasteiger partial charge in [0.25, 0.3) is 11.7 Å². The molecule has 0 saturated carbocycles. The van der Waals surface area contributed by atoms with Crippen LogP contribution >= 0.6 is 127 Å². The average Bonchev–Trinajstić information content (AvgIpc) is 4.34. The summed E-state index contributed by atoms with van der Waals surface area (Å²) in [6, 6.07) is 66.0. The second-order valence-electron chi connectivity index (χ2n) is 18.5. The zero-order chi connectivity index (χ0) is 54.8. The highest BCUT2D eigenvalue weighted by Gasteiger charge is 2.35. The lowest BCUT2D eigenvalue weighted by molar-refractivity contribution is 1.10. The molecule has 8 nitrogen and oxygen atoms in total. The van der Waals surface area contributed by atoms with Crippen LogP contribution in [-0.4, -0.2) is 40.8 Å². The molecule has 0 saturated heterocycles. The third-order valence-electron chi connectivity index (χ3n) is 13.9. The Balaban J connectivity index is 1.42. The first kappa shape index (κ1) is 53.2. The lowest BCUT2D eigenvalue weighted by Crippen LogP contribution is -2.05. The van der Waals surface area contributed by atoms with Gasteiger partial charge in [0.2, 0.25) is 0 Å². The molecule has 16 heteroatoms. The molecule has 0 fully saturated rings. The number of nitrogens with one attached hydrogen (secondary N) is 2. The highest BCUT2D eigenvalue weighted by molar-refractivity contribution is 9.11. The van der Waals surface area contributed by atoms with Crippen molar-refractivity contribution in [2.24, 2.45) is 4.99 Å². The van der Waals surface area contributed by atoms with Crippen LogP contribution in [0, 0.1) is 0 Å². The fourth-order valence-electron chi connectivity index (χ4n) is 10.4. The first-order valence-corrected chi connectivity index (χ1v) is 31.2. The Morgan fingerprint density at radius 2 is 0.600 bits per heavy atom. The Morgan fingerprint density at radius 1 is 0.275 bits per heavy atom. The molecular weight excluding hydrogens is 1520 g/mol. The first-order chi connectivity index (χ1) is 39.0. The van der Waals surface area contributed by atoms with Crippen molar-refractivity contribution in [2.45, 2.75) is 0 Å². The summed E-state index contributed by atoms with van der Waals surface area (Å²) in [5.41, 5.74) is 17.1. The van der Waals surface area contributed by atoms with Crippen LogP contribution in [0.2, 0.25) is 0 Å². The van der Waals surface area contributed by atoms with Gasteiger partial charge >= 0.3 is 0 Å². The Labute approximate surface area is 526 Å². The van der Waals surface area contributed by atoms with Gasteiger partial charge in [-0.1, -0.05) is 273 Å². The lowest BCUT2D eigenvalue weighted by Gasteiger charge is -2.17.